The molecule has 2 aromatic rings. The standard InChI is InChI=1S/C17H17NO4S/c1-11-2-6-16(23-11)13(19)4-7-17(20)18-9-12-3-5-14-15(8-12)22-10-21-14/h2-3,5-6,8H,4,7,9-10H2,1H3,(H,18,20). The van der Waals surface area contributed by atoms with Crippen molar-refractivity contribution in [3.05, 3.63) is 45.6 Å². The average Bonchev–Trinajstić information content (AvgIpc) is 3.18. The minimum Gasteiger partial charge on any atom is -0.454 e. The molecule has 1 aliphatic rings. The van der Waals surface area contributed by atoms with E-state index in [1.807, 2.05) is 37.3 Å². The van der Waals surface area contributed by atoms with Crippen LogP contribution in [0.25, 0.3) is 0 Å². The number of nitrogens with one attached hydrogen (secondary N) is 1. The summed E-state index contributed by atoms with van der Waals surface area (Å²) in [6.45, 7) is 2.59. The van der Waals surface area contributed by atoms with Crippen LogP contribution in [0.3, 0.4) is 0 Å². The molecule has 0 saturated heterocycles. The van der Waals surface area contributed by atoms with E-state index in [0.29, 0.717) is 17.2 Å². The van der Waals surface area contributed by atoms with E-state index in [1.165, 1.54) is 11.3 Å². The summed E-state index contributed by atoms with van der Waals surface area (Å²) in [5.74, 6) is 1.29. The lowest BCUT2D eigenvalue weighted by Gasteiger charge is -2.06. The maximum absolute atomic E-state index is 12.0. The summed E-state index contributed by atoms with van der Waals surface area (Å²) in [5.41, 5.74) is 0.933. The summed E-state index contributed by atoms with van der Waals surface area (Å²) in [4.78, 5) is 25.7. The lowest BCUT2D eigenvalue weighted by atomic mass is 10.1. The Kier molecular flexibility index (Phi) is 4.62. The van der Waals surface area contributed by atoms with Gasteiger partial charge in [0.05, 0.1) is 4.88 Å². The zero-order valence-electron chi connectivity index (χ0n) is 12.8. The molecule has 0 atom stereocenters. The molecule has 120 valence electrons. The van der Waals surface area contributed by atoms with Crippen LogP contribution in [0.2, 0.25) is 0 Å². The second kappa shape index (κ2) is 6.83. The summed E-state index contributed by atoms with van der Waals surface area (Å²) in [5, 5.41) is 2.82. The van der Waals surface area contributed by atoms with E-state index in [1.54, 1.807) is 0 Å². The lowest BCUT2D eigenvalue weighted by molar-refractivity contribution is -0.121. The van der Waals surface area contributed by atoms with Crippen LogP contribution in [-0.4, -0.2) is 18.5 Å². The molecule has 1 aromatic carbocycles. The smallest absolute Gasteiger partial charge is 0.231 e. The lowest BCUT2D eigenvalue weighted by Crippen LogP contribution is -2.23. The fraction of sp³-hybridized carbons (Fsp3) is 0.294. The maximum Gasteiger partial charge on any atom is 0.231 e. The van der Waals surface area contributed by atoms with Gasteiger partial charge in [-0.3, -0.25) is 9.59 Å². The second-order valence-electron chi connectivity index (χ2n) is 5.30. The van der Waals surface area contributed by atoms with E-state index >= 15 is 0 Å². The van der Waals surface area contributed by atoms with E-state index in [-0.39, 0.29) is 31.3 Å². The van der Waals surface area contributed by atoms with Crippen molar-refractivity contribution in [2.45, 2.75) is 26.3 Å². The molecule has 23 heavy (non-hydrogen) atoms. The minimum atomic E-state index is -0.135. The predicted octanol–water partition coefficient (Wildman–Crippen LogP) is 3.06. The zero-order chi connectivity index (χ0) is 16.2. The number of rotatable bonds is 6. The normalized spacial score (nSPS) is 12.2. The summed E-state index contributed by atoms with van der Waals surface area (Å²) in [6, 6.07) is 9.28. The van der Waals surface area contributed by atoms with Gasteiger partial charge in [-0.25, -0.2) is 0 Å². The molecule has 1 aromatic heterocycles. The Morgan fingerprint density at radius 1 is 1.13 bits per heavy atom. The van der Waals surface area contributed by atoms with Gasteiger partial charge in [0.15, 0.2) is 17.3 Å². The number of hydrogen-bond acceptors (Lipinski definition) is 5. The van der Waals surface area contributed by atoms with Crippen LogP contribution in [0.15, 0.2) is 30.3 Å². The molecule has 2 heterocycles. The number of carbonyl (C=O) groups is 2. The zero-order valence-corrected chi connectivity index (χ0v) is 13.6. The number of Topliss-reactive ketones (excluding diaryl/α,β-unsaturated/α-hetero) is 1. The average molecular weight is 331 g/mol. The molecule has 0 unspecified atom stereocenters. The molecule has 0 spiro atoms. The van der Waals surface area contributed by atoms with Crippen LogP contribution in [0.5, 0.6) is 11.5 Å². The fourth-order valence-corrected chi connectivity index (χ4v) is 3.11. The van der Waals surface area contributed by atoms with Gasteiger partial charge in [0.25, 0.3) is 0 Å². The van der Waals surface area contributed by atoms with Crippen LogP contribution in [-0.2, 0) is 11.3 Å². The summed E-state index contributed by atoms with van der Waals surface area (Å²) >= 11 is 1.46. The van der Waals surface area contributed by atoms with Gasteiger partial charge in [0, 0.05) is 24.3 Å². The van der Waals surface area contributed by atoms with Gasteiger partial charge in [-0.2, -0.15) is 0 Å². The SMILES string of the molecule is Cc1ccc(C(=O)CCC(=O)NCc2ccc3c(c2)OCO3)s1. The van der Waals surface area contributed by atoms with Crippen LogP contribution in [0, 0.1) is 6.92 Å². The van der Waals surface area contributed by atoms with Crippen molar-refractivity contribution in [2.24, 2.45) is 0 Å². The highest BCUT2D eigenvalue weighted by Gasteiger charge is 2.14. The van der Waals surface area contributed by atoms with Gasteiger partial charge in [-0.1, -0.05) is 6.07 Å². The number of ketones is 1. The first kappa shape index (κ1) is 15.6. The molecule has 1 amide bonds. The first-order valence-electron chi connectivity index (χ1n) is 7.37. The summed E-state index contributed by atoms with van der Waals surface area (Å²) in [6.07, 6.45) is 0.424. The number of thiophene rings is 1. The van der Waals surface area contributed by atoms with Gasteiger partial charge in [0.1, 0.15) is 0 Å². The van der Waals surface area contributed by atoms with Crippen molar-refractivity contribution in [3.8, 4) is 11.5 Å². The molecule has 0 radical (unpaired) electrons. The third-order valence-electron chi connectivity index (χ3n) is 3.52. The molecule has 1 N–H and O–H groups in total. The Bertz CT molecular complexity index is 738. The molecule has 0 saturated carbocycles. The van der Waals surface area contributed by atoms with Gasteiger partial charge < -0.3 is 14.8 Å². The highest BCUT2D eigenvalue weighted by Crippen LogP contribution is 2.32. The number of amides is 1. The van der Waals surface area contributed by atoms with Crippen molar-refractivity contribution in [3.63, 3.8) is 0 Å². The highest BCUT2D eigenvalue weighted by molar-refractivity contribution is 7.14. The molecular formula is C17H17NO4S. The molecule has 1 aliphatic heterocycles. The Morgan fingerprint density at radius 2 is 1.96 bits per heavy atom. The summed E-state index contributed by atoms with van der Waals surface area (Å²) in [7, 11) is 0. The van der Waals surface area contributed by atoms with Gasteiger partial charge >= 0.3 is 0 Å². The highest BCUT2D eigenvalue weighted by atomic mass is 32.1. The fourth-order valence-electron chi connectivity index (χ4n) is 2.27. The minimum absolute atomic E-state index is 0.0151. The summed E-state index contributed by atoms with van der Waals surface area (Å²) < 4.78 is 10.5. The third kappa shape index (κ3) is 3.90. The van der Waals surface area contributed by atoms with Crippen LogP contribution < -0.4 is 14.8 Å². The Hall–Kier alpha value is -2.34. The Balaban J connectivity index is 1.45. The Labute approximate surface area is 138 Å². The molecule has 0 bridgehead atoms. The molecule has 0 aliphatic carbocycles. The quantitative estimate of drug-likeness (QED) is 0.826. The van der Waals surface area contributed by atoms with Gasteiger partial charge in [-0.05, 0) is 36.8 Å². The number of fused-ring (bicyclic) bond motifs is 1. The number of aryl methyl sites for hydroxylation is 1. The number of benzene rings is 1. The van der Waals surface area contributed by atoms with E-state index in [2.05, 4.69) is 5.32 Å². The maximum atomic E-state index is 12.0. The van der Waals surface area contributed by atoms with E-state index in [0.717, 1.165) is 16.2 Å². The van der Waals surface area contributed by atoms with Gasteiger partial charge in [-0.15, -0.1) is 11.3 Å². The topological polar surface area (TPSA) is 64.6 Å². The van der Waals surface area contributed by atoms with Crippen molar-refractivity contribution in [2.75, 3.05) is 6.79 Å². The van der Waals surface area contributed by atoms with Crippen molar-refractivity contribution >= 4 is 23.0 Å². The number of hydrogen-bond donors (Lipinski definition) is 1. The molecule has 5 nitrogen and oxygen atoms in total. The first-order valence-corrected chi connectivity index (χ1v) is 8.18. The Morgan fingerprint density at radius 3 is 2.74 bits per heavy atom. The van der Waals surface area contributed by atoms with Gasteiger partial charge in [0.2, 0.25) is 12.7 Å². The molecule has 6 heteroatoms. The monoisotopic (exact) mass is 331 g/mol. The molecular weight excluding hydrogens is 314 g/mol. The van der Waals surface area contributed by atoms with E-state index in [9.17, 15) is 9.59 Å². The molecule has 3 rings (SSSR count). The van der Waals surface area contributed by atoms with Crippen molar-refractivity contribution in [1.82, 2.24) is 5.32 Å². The van der Waals surface area contributed by atoms with Crippen molar-refractivity contribution < 1.29 is 19.1 Å². The van der Waals surface area contributed by atoms with E-state index < -0.39 is 0 Å². The largest absolute Gasteiger partial charge is 0.454 e. The third-order valence-corrected chi connectivity index (χ3v) is 4.56. The van der Waals surface area contributed by atoms with E-state index in [4.69, 9.17) is 9.47 Å². The molecule has 0 fully saturated rings. The predicted molar refractivity (Wildman–Crippen MR) is 87.0 cm³/mol. The number of ether oxygens (including phenoxy) is 2. The first-order chi connectivity index (χ1) is 11.1. The van der Waals surface area contributed by atoms with Crippen LogP contribution in [0.4, 0.5) is 0 Å². The van der Waals surface area contributed by atoms with Crippen LogP contribution >= 0.6 is 11.3 Å². The number of carbonyl (C=O) groups excluding carboxylic acids is 2. The van der Waals surface area contributed by atoms with Crippen molar-refractivity contribution in [1.29, 1.82) is 0 Å². The second-order valence-corrected chi connectivity index (χ2v) is 6.59. The van der Waals surface area contributed by atoms with Crippen LogP contribution in [0.1, 0.15) is 33.0 Å².